The van der Waals surface area contributed by atoms with Crippen LogP contribution in [-0.2, 0) is 4.79 Å². The van der Waals surface area contributed by atoms with E-state index in [9.17, 15) is 4.79 Å². The first-order chi connectivity index (χ1) is 6.20. The molecule has 0 amide bonds. The molecule has 1 aromatic rings. The Morgan fingerprint density at radius 2 is 2.08 bits per heavy atom. The van der Waals surface area contributed by atoms with E-state index >= 15 is 0 Å². The largest absolute Gasteiger partial charge is 0.299 e. The molecule has 0 saturated heterocycles. The number of hydrogen-bond acceptors (Lipinski definition) is 1. The fourth-order valence-electron chi connectivity index (χ4n) is 1.93. The maximum Gasteiger partial charge on any atom is 0.140 e. The second-order valence-corrected chi connectivity index (χ2v) is 4.05. The van der Waals surface area contributed by atoms with Crippen molar-refractivity contribution in [2.45, 2.75) is 19.3 Å². The summed E-state index contributed by atoms with van der Waals surface area (Å²) in [6.45, 7) is 2.09. The monoisotopic (exact) mass is 194 g/mol. The van der Waals surface area contributed by atoms with Gasteiger partial charge in [0.05, 0.1) is 0 Å². The molecule has 0 aromatic heterocycles. The lowest BCUT2D eigenvalue weighted by atomic mass is 9.70. The van der Waals surface area contributed by atoms with Gasteiger partial charge in [0.1, 0.15) is 5.78 Å². The molecule has 1 nitrogen and oxygen atoms in total. The van der Waals surface area contributed by atoms with Gasteiger partial charge < -0.3 is 0 Å². The maximum atomic E-state index is 11.3. The Hall–Kier alpha value is -0.820. The van der Waals surface area contributed by atoms with Crippen LogP contribution in [0, 0.1) is 5.92 Å². The van der Waals surface area contributed by atoms with Crippen LogP contribution in [-0.4, -0.2) is 5.78 Å². The molecular weight excluding hydrogens is 184 g/mol. The lowest BCUT2D eigenvalue weighted by Gasteiger charge is -2.32. The van der Waals surface area contributed by atoms with Gasteiger partial charge >= 0.3 is 0 Å². The van der Waals surface area contributed by atoms with Crippen LogP contribution in [0.25, 0.3) is 0 Å². The number of halogens is 1. The van der Waals surface area contributed by atoms with Gasteiger partial charge in [0.15, 0.2) is 0 Å². The van der Waals surface area contributed by atoms with Crippen LogP contribution in [0.5, 0.6) is 0 Å². The average molecular weight is 195 g/mol. The summed E-state index contributed by atoms with van der Waals surface area (Å²) in [6, 6.07) is 7.61. The molecule has 0 aliphatic heterocycles. The molecule has 2 heteroatoms. The lowest BCUT2D eigenvalue weighted by molar-refractivity contribution is -0.128. The summed E-state index contributed by atoms with van der Waals surface area (Å²) in [7, 11) is 0. The molecule has 1 saturated carbocycles. The van der Waals surface area contributed by atoms with Crippen LogP contribution >= 0.6 is 11.6 Å². The quantitative estimate of drug-likeness (QED) is 0.672. The molecule has 2 rings (SSSR count). The summed E-state index contributed by atoms with van der Waals surface area (Å²) < 4.78 is 0. The van der Waals surface area contributed by atoms with E-state index in [1.54, 1.807) is 0 Å². The minimum Gasteiger partial charge on any atom is -0.299 e. The second kappa shape index (κ2) is 3.15. The Bertz CT molecular complexity index is 346. The number of rotatable bonds is 1. The van der Waals surface area contributed by atoms with Crippen molar-refractivity contribution in [2.24, 2.45) is 5.92 Å². The van der Waals surface area contributed by atoms with Crippen LogP contribution in [0.2, 0.25) is 5.02 Å². The van der Waals surface area contributed by atoms with E-state index in [0.717, 1.165) is 5.56 Å². The molecule has 0 spiro atoms. The third-order valence-corrected chi connectivity index (χ3v) is 3.02. The van der Waals surface area contributed by atoms with Gasteiger partial charge in [-0.3, -0.25) is 4.79 Å². The predicted molar refractivity (Wildman–Crippen MR) is 53.0 cm³/mol. The van der Waals surface area contributed by atoms with E-state index in [2.05, 4.69) is 6.92 Å². The van der Waals surface area contributed by atoms with Crippen molar-refractivity contribution in [3.8, 4) is 0 Å². The van der Waals surface area contributed by atoms with Crippen molar-refractivity contribution in [3.63, 3.8) is 0 Å². The number of hydrogen-bond donors (Lipinski definition) is 0. The summed E-state index contributed by atoms with van der Waals surface area (Å²) in [6.07, 6.45) is 0.704. The van der Waals surface area contributed by atoms with Gasteiger partial charge in [-0.15, -0.1) is 0 Å². The van der Waals surface area contributed by atoms with Gasteiger partial charge in [0, 0.05) is 17.4 Å². The minimum atomic E-state index is 0.0497. The van der Waals surface area contributed by atoms with Crippen LogP contribution in [0.15, 0.2) is 24.3 Å². The van der Waals surface area contributed by atoms with Crippen LogP contribution in [0.1, 0.15) is 24.8 Å². The van der Waals surface area contributed by atoms with E-state index in [-0.39, 0.29) is 5.92 Å². The number of Topliss-reactive ketones (excluding diaryl/α,β-unsaturated/α-hetero) is 1. The molecule has 0 radical (unpaired) electrons. The number of carbonyl (C=O) groups excluding carboxylic acids is 1. The van der Waals surface area contributed by atoms with E-state index in [4.69, 9.17) is 11.6 Å². The first-order valence-electron chi connectivity index (χ1n) is 4.47. The summed E-state index contributed by atoms with van der Waals surface area (Å²) in [5.41, 5.74) is 0.993. The van der Waals surface area contributed by atoms with E-state index < -0.39 is 0 Å². The Kier molecular flexibility index (Phi) is 2.12. The smallest absolute Gasteiger partial charge is 0.140 e. The molecule has 68 valence electrons. The van der Waals surface area contributed by atoms with Gasteiger partial charge in [-0.05, 0) is 17.5 Å². The van der Waals surface area contributed by atoms with Crippen molar-refractivity contribution in [1.29, 1.82) is 0 Å². The average Bonchev–Trinajstić information content (AvgIpc) is 2.09. The standard InChI is InChI=1S/C11H11ClO/c1-7-6-10(13)11(7)8-4-2-3-5-9(8)12/h2-5,7,11H,6H2,1H3. The molecule has 0 N–H and O–H groups in total. The Morgan fingerprint density at radius 1 is 1.38 bits per heavy atom. The normalized spacial score (nSPS) is 27.1. The zero-order valence-electron chi connectivity index (χ0n) is 7.46. The minimum absolute atomic E-state index is 0.0497. The van der Waals surface area contributed by atoms with E-state index in [1.165, 1.54) is 0 Å². The highest BCUT2D eigenvalue weighted by Gasteiger charge is 2.38. The predicted octanol–water partition coefficient (Wildman–Crippen LogP) is 3.03. The van der Waals surface area contributed by atoms with Crippen molar-refractivity contribution >= 4 is 17.4 Å². The highest BCUT2D eigenvalue weighted by Crippen LogP contribution is 2.41. The number of benzene rings is 1. The fraction of sp³-hybridized carbons (Fsp3) is 0.364. The van der Waals surface area contributed by atoms with Crippen LogP contribution < -0.4 is 0 Å². The molecule has 13 heavy (non-hydrogen) atoms. The van der Waals surface area contributed by atoms with E-state index in [0.29, 0.717) is 23.1 Å². The summed E-state index contributed by atoms with van der Waals surface area (Å²) >= 11 is 6.01. The first kappa shape index (κ1) is 8.76. The number of carbonyl (C=O) groups is 1. The SMILES string of the molecule is CC1CC(=O)C1c1ccccc1Cl. The fourth-order valence-corrected chi connectivity index (χ4v) is 2.18. The lowest BCUT2D eigenvalue weighted by Crippen LogP contribution is -2.32. The molecule has 1 aromatic carbocycles. The molecule has 0 bridgehead atoms. The third kappa shape index (κ3) is 1.37. The van der Waals surface area contributed by atoms with Gasteiger partial charge in [-0.25, -0.2) is 0 Å². The summed E-state index contributed by atoms with van der Waals surface area (Å²) in [5, 5.41) is 0.715. The second-order valence-electron chi connectivity index (χ2n) is 3.65. The first-order valence-corrected chi connectivity index (χ1v) is 4.85. The summed E-state index contributed by atoms with van der Waals surface area (Å²) in [4.78, 5) is 11.3. The van der Waals surface area contributed by atoms with Gasteiger partial charge in [0.25, 0.3) is 0 Å². The Balaban J connectivity index is 2.35. The highest BCUT2D eigenvalue weighted by atomic mass is 35.5. The molecule has 1 aliphatic rings. The van der Waals surface area contributed by atoms with Crippen LogP contribution in [0.4, 0.5) is 0 Å². The van der Waals surface area contributed by atoms with Crippen molar-refractivity contribution in [3.05, 3.63) is 34.9 Å². The molecule has 2 unspecified atom stereocenters. The van der Waals surface area contributed by atoms with Crippen molar-refractivity contribution in [1.82, 2.24) is 0 Å². The molecule has 2 atom stereocenters. The van der Waals surface area contributed by atoms with Gasteiger partial charge in [0.2, 0.25) is 0 Å². The molecule has 0 heterocycles. The topological polar surface area (TPSA) is 17.1 Å². The third-order valence-electron chi connectivity index (χ3n) is 2.68. The maximum absolute atomic E-state index is 11.3. The zero-order chi connectivity index (χ0) is 9.42. The van der Waals surface area contributed by atoms with Crippen LogP contribution in [0.3, 0.4) is 0 Å². The highest BCUT2D eigenvalue weighted by molar-refractivity contribution is 6.31. The number of ketones is 1. The van der Waals surface area contributed by atoms with E-state index in [1.807, 2.05) is 24.3 Å². The van der Waals surface area contributed by atoms with Gasteiger partial charge in [-0.2, -0.15) is 0 Å². The zero-order valence-corrected chi connectivity index (χ0v) is 8.21. The molecule has 1 aliphatic carbocycles. The Morgan fingerprint density at radius 3 is 2.62 bits per heavy atom. The summed E-state index contributed by atoms with van der Waals surface area (Å²) in [5.74, 6) is 0.821. The van der Waals surface area contributed by atoms with Gasteiger partial charge in [-0.1, -0.05) is 36.7 Å². The van der Waals surface area contributed by atoms with Crippen molar-refractivity contribution in [2.75, 3.05) is 0 Å². The Labute approximate surface area is 82.7 Å². The molecular formula is C11H11ClO. The molecule has 1 fully saturated rings. The van der Waals surface area contributed by atoms with Crippen molar-refractivity contribution < 1.29 is 4.79 Å².